The molecule has 0 bridgehead atoms. The minimum absolute atomic E-state index is 0.766. The lowest BCUT2D eigenvalue weighted by molar-refractivity contribution is 0.0393. The zero-order valence-electron chi connectivity index (χ0n) is 20.8. The first-order valence-corrected chi connectivity index (χ1v) is 12.2. The molecule has 33 heavy (non-hydrogen) atoms. The van der Waals surface area contributed by atoms with Gasteiger partial charge in [-0.3, -0.25) is 10.3 Å². The van der Waals surface area contributed by atoms with Crippen LogP contribution in [0.5, 0.6) is 0 Å². The second-order valence-electron chi connectivity index (χ2n) is 8.72. The number of likely N-dealkylation sites (N-methyl/N-ethyl adjacent to an activating group) is 1. The molecule has 2 aromatic rings. The highest BCUT2D eigenvalue weighted by molar-refractivity contribution is 5.80. The smallest absolute Gasteiger partial charge is 0.150 e. The van der Waals surface area contributed by atoms with Crippen molar-refractivity contribution in [2.45, 2.75) is 33.6 Å². The predicted octanol–water partition coefficient (Wildman–Crippen LogP) is 4.23. The van der Waals surface area contributed by atoms with Crippen molar-refractivity contribution in [2.75, 3.05) is 74.8 Å². The van der Waals surface area contributed by atoms with E-state index in [9.17, 15) is 0 Å². The maximum Gasteiger partial charge on any atom is 0.150 e. The van der Waals surface area contributed by atoms with Crippen molar-refractivity contribution in [1.29, 1.82) is 0 Å². The lowest BCUT2D eigenvalue weighted by Gasteiger charge is -2.30. The van der Waals surface area contributed by atoms with Crippen LogP contribution in [-0.2, 0) is 4.74 Å². The second kappa shape index (κ2) is 13.2. The van der Waals surface area contributed by atoms with Crippen molar-refractivity contribution in [3.63, 3.8) is 0 Å². The van der Waals surface area contributed by atoms with Crippen molar-refractivity contribution >= 4 is 23.5 Å². The Hall–Kier alpha value is -2.64. The van der Waals surface area contributed by atoms with Crippen molar-refractivity contribution < 1.29 is 4.74 Å². The number of aromatic nitrogens is 1. The lowest BCUT2D eigenvalue weighted by atomic mass is 10.2. The first-order valence-electron chi connectivity index (χ1n) is 12.2. The van der Waals surface area contributed by atoms with Crippen LogP contribution in [0.15, 0.2) is 41.5 Å². The van der Waals surface area contributed by atoms with Gasteiger partial charge >= 0.3 is 0 Å². The molecule has 7 nitrogen and oxygen atoms in total. The van der Waals surface area contributed by atoms with Gasteiger partial charge in [0.1, 0.15) is 5.82 Å². The Morgan fingerprint density at radius 3 is 2.55 bits per heavy atom. The van der Waals surface area contributed by atoms with Gasteiger partial charge in [0.05, 0.1) is 19.4 Å². The SMILES string of the molecule is CCCN(CCC)c1cc(N/N=C/c2cccc(C)c2)nc(N(C)CCN2CCOCC2)c1. The highest BCUT2D eigenvalue weighted by Crippen LogP contribution is 2.25. The van der Waals surface area contributed by atoms with Crippen LogP contribution in [0.2, 0.25) is 0 Å². The van der Waals surface area contributed by atoms with Gasteiger partial charge in [-0.2, -0.15) is 5.10 Å². The summed E-state index contributed by atoms with van der Waals surface area (Å²) in [4.78, 5) is 12.0. The van der Waals surface area contributed by atoms with Crippen LogP contribution in [0, 0.1) is 6.92 Å². The van der Waals surface area contributed by atoms with E-state index >= 15 is 0 Å². The third kappa shape index (κ3) is 8.02. The summed E-state index contributed by atoms with van der Waals surface area (Å²) < 4.78 is 5.48. The summed E-state index contributed by atoms with van der Waals surface area (Å²) in [6.45, 7) is 14.2. The number of anilines is 3. The Labute approximate surface area is 199 Å². The number of nitrogens with zero attached hydrogens (tertiary/aromatic N) is 5. The normalized spacial score (nSPS) is 14.5. The molecule has 0 atom stereocenters. The van der Waals surface area contributed by atoms with Gasteiger partial charge in [0, 0.05) is 64.1 Å². The van der Waals surface area contributed by atoms with Crippen molar-refractivity contribution in [2.24, 2.45) is 5.10 Å². The summed E-state index contributed by atoms with van der Waals surface area (Å²) in [7, 11) is 2.12. The fourth-order valence-electron chi connectivity index (χ4n) is 4.00. The van der Waals surface area contributed by atoms with Crippen LogP contribution in [0.3, 0.4) is 0 Å². The van der Waals surface area contributed by atoms with E-state index in [0.29, 0.717) is 0 Å². The summed E-state index contributed by atoms with van der Waals surface area (Å²) in [5.41, 5.74) is 6.65. The molecule has 0 radical (unpaired) electrons. The number of rotatable bonds is 12. The van der Waals surface area contributed by atoms with Crippen LogP contribution in [0.1, 0.15) is 37.8 Å². The molecule has 0 saturated carbocycles. The van der Waals surface area contributed by atoms with Crippen LogP contribution in [0.4, 0.5) is 17.3 Å². The maximum atomic E-state index is 5.48. The highest BCUT2D eigenvalue weighted by atomic mass is 16.5. The average Bonchev–Trinajstić information content (AvgIpc) is 2.83. The summed E-state index contributed by atoms with van der Waals surface area (Å²) in [6.07, 6.45) is 4.07. The van der Waals surface area contributed by atoms with E-state index in [4.69, 9.17) is 9.72 Å². The molecule has 1 aromatic carbocycles. The predicted molar refractivity (Wildman–Crippen MR) is 140 cm³/mol. The summed E-state index contributed by atoms with van der Waals surface area (Å²) in [6, 6.07) is 12.6. The molecule has 0 aliphatic carbocycles. The number of hydrogen-bond acceptors (Lipinski definition) is 7. The summed E-state index contributed by atoms with van der Waals surface area (Å²) in [5, 5.41) is 4.47. The molecule has 1 fully saturated rings. The molecule has 180 valence electrons. The molecule has 7 heteroatoms. The van der Waals surface area contributed by atoms with Gasteiger partial charge in [0.25, 0.3) is 0 Å². The third-order valence-corrected chi connectivity index (χ3v) is 5.83. The Morgan fingerprint density at radius 2 is 1.85 bits per heavy atom. The van der Waals surface area contributed by atoms with Crippen LogP contribution in [-0.4, -0.2) is 75.6 Å². The number of hydrazone groups is 1. The summed E-state index contributed by atoms with van der Waals surface area (Å²) >= 11 is 0. The van der Waals surface area contributed by atoms with Crippen LogP contribution >= 0.6 is 0 Å². The molecule has 1 N–H and O–H groups in total. The Balaban J connectivity index is 1.77. The summed E-state index contributed by atoms with van der Waals surface area (Å²) in [5.74, 6) is 1.73. The van der Waals surface area contributed by atoms with E-state index in [1.165, 1.54) is 11.3 Å². The maximum absolute atomic E-state index is 5.48. The largest absolute Gasteiger partial charge is 0.379 e. The second-order valence-corrected chi connectivity index (χ2v) is 8.72. The van der Waals surface area contributed by atoms with Gasteiger partial charge < -0.3 is 14.5 Å². The van der Waals surface area contributed by atoms with Crippen molar-refractivity contribution in [3.05, 3.63) is 47.5 Å². The van der Waals surface area contributed by atoms with Crippen molar-refractivity contribution in [1.82, 2.24) is 9.88 Å². The molecule has 0 amide bonds. The number of hydrogen-bond donors (Lipinski definition) is 1. The van der Waals surface area contributed by atoms with E-state index in [2.05, 4.69) is 83.4 Å². The topological polar surface area (TPSA) is 56.2 Å². The van der Waals surface area contributed by atoms with E-state index in [0.717, 1.165) is 82.5 Å². The van der Waals surface area contributed by atoms with Crippen molar-refractivity contribution in [3.8, 4) is 0 Å². The molecular formula is C26H40N6O. The quantitative estimate of drug-likeness (QED) is 0.384. The van der Waals surface area contributed by atoms with Gasteiger partial charge in [-0.05, 0) is 25.3 Å². The van der Waals surface area contributed by atoms with Gasteiger partial charge in [0.15, 0.2) is 5.82 Å². The molecule has 1 saturated heterocycles. The standard InChI is InChI=1S/C26H40N6O/c1-5-10-32(11-6-2)24-19-25(29-27-21-23-9-7-8-22(3)18-23)28-26(20-24)30(4)12-13-31-14-16-33-17-15-31/h7-9,18-21H,5-6,10-17H2,1-4H3,(H,28,29)/b27-21+. The highest BCUT2D eigenvalue weighted by Gasteiger charge is 2.14. The number of pyridine rings is 1. The minimum atomic E-state index is 0.766. The average molecular weight is 453 g/mol. The molecular weight excluding hydrogens is 412 g/mol. The van der Waals surface area contributed by atoms with E-state index in [1.54, 1.807) is 0 Å². The number of ether oxygens (including phenoxy) is 1. The van der Waals surface area contributed by atoms with E-state index in [-0.39, 0.29) is 0 Å². The Kier molecular flexibility index (Phi) is 9.97. The fraction of sp³-hybridized carbons (Fsp3) is 0.538. The zero-order valence-corrected chi connectivity index (χ0v) is 20.8. The van der Waals surface area contributed by atoms with Crippen LogP contribution < -0.4 is 15.2 Å². The first kappa shape index (κ1) is 25.0. The fourth-order valence-corrected chi connectivity index (χ4v) is 4.00. The number of benzene rings is 1. The Bertz CT molecular complexity index is 875. The zero-order chi connectivity index (χ0) is 23.5. The van der Waals surface area contributed by atoms with Gasteiger partial charge in [-0.25, -0.2) is 4.98 Å². The number of nitrogens with one attached hydrogen (secondary N) is 1. The monoisotopic (exact) mass is 452 g/mol. The van der Waals surface area contributed by atoms with E-state index < -0.39 is 0 Å². The molecule has 1 aliphatic rings. The number of aryl methyl sites for hydroxylation is 1. The molecule has 0 unspecified atom stereocenters. The lowest BCUT2D eigenvalue weighted by Crippen LogP contribution is -2.40. The Morgan fingerprint density at radius 1 is 1.09 bits per heavy atom. The molecule has 2 heterocycles. The molecule has 1 aliphatic heterocycles. The van der Waals surface area contributed by atoms with Gasteiger partial charge in [-0.1, -0.05) is 43.7 Å². The number of morpholine rings is 1. The van der Waals surface area contributed by atoms with Gasteiger partial charge in [0.2, 0.25) is 0 Å². The third-order valence-electron chi connectivity index (χ3n) is 5.83. The first-order chi connectivity index (χ1) is 16.1. The van der Waals surface area contributed by atoms with Gasteiger partial charge in [-0.15, -0.1) is 0 Å². The van der Waals surface area contributed by atoms with Crippen LogP contribution in [0.25, 0.3) is 0 Å². The molecule has 0 spiro atoms. The molecule has 1 aromatic heterocycles. The minimum Gasteiger partial charge on any atom is -0.379 e. The van der Waals surface area contributed by atoms with E-state index in [1.807, 2.05) is 12.3 Å². The molecule has 3 rings (SSSR count).